The van der Waals surface area contributed by atoms with E-state index in [1.807, 2.05) is 13.0 Å². The Labute approximate surface area is 137 Å². The molecule has 0 fully saturated rings. The van der Waals surface area contributed by atoms with E-state index in [4.69, 9.17) is 4.98 Å². The average molecular weight is 311 g/mol. The van der Waals surface area contributed by atoms with E-state index >= 15 is 0 Å². The van der Waals surface area contributed by atoms with Gasteiger partial charge in [-0.15, -0.1) is 0 Å². The van der Waals surface area contributed by atoms with Crippen molar-refractivity contribution >= 4 is 5.52 Å². The van der Waals surface area contributed by atoms with Gasteiger partial charge in [-0.05, 0) is 32.2 Å². The van der Waals surface area contributed by atoms with E-state index in [9.17, 15) is 0 Å². The molecule has 3 aromatic rings. The van der Waals surface area contributed by atoms with Gasteiger partial charge in [0.2, 0.25) is 0 Å². The van der Waals surface area contributed by atoms with Crippen LogP contribution in [0.5, 0.6) is 0 Å². The Balaban J connectivity index is 1.74. The second-order valence-corrected chi connectivity index (χ2v) is 7.26. The summed E-state index contributed by atoms with van der Waals surface area (Å²) in [6.45, 7) is 10.2. The van der Waals surface area contributed by atoms with E-state index in [1.165, 1.54) is 5.52 Å². The third-order valence-electron chi connectivity index (χ3n) is 4.06. The SMILES string of the molecule is Cc1nc(CN(C)Cc2cc(C(C)(C)C)n[nH]2)c2ccccn12. The average Bonchev–Trinajstić information content (AvgIpc) is 3.05. The molecule has 0 radical (unpaired) electrons. The lowest BCUT2D eigenvalue weighted by atomic mass is 9.92. The number of aromatic amines is 1. The molecule has 0 aliphatic carbocycles. The molecular weight excluding hydrogens is 286 g/mol. The molecule has 0 unspecified atom stereocenters. The first kappa shape index (κ1) is 15.7. The van der Waals surface area contributed by atoms with Crippen molar-refractivity contribution < 1.29 is 0 Å². The van der Waals surface area contributed by atoms with Crippen LogP contribution in [-0.4, -0.2) is 31.5 Å². The highest BCUT2D eigenvalue weighted by Crippen LogP contribution is 2.21. The van der Waals surface area contributed by atoms with Gasteiger partial charge >= 0.3 is 0 Å². The van der Waals surface area contributed by atoms with Crippen LogP contribution >= 0.6 is 0 Å². The van der Waals surface area contributed by atoms with E-state index in [2.05, 4.69) is 71.7 Å². The Morgan fingerprint density at radius 2 is 2.00 bits per heavy atom. The van der Waals surface area contributed by atoms with Crippen molar-refractivity contribution in [3.8, 4) is 0 Å². The topological polar surface area (TPSA) is 49.2 Å². The van der Waals surface area contributed by atoms with Crippen molar-refractivity contribution in [2.45, 2.75) is 46.2 Å². The molecule has 0 aliphatic rings. The molecule has 3 aromatic heterocycles. The number of pyridine rings is 1. The first-order valence-electron chi connectivity index (χ1n) is 8.00. The number of nitrogens with zero attached hydrogens (tertiary/aromatic N) is 4. The zero-order chi connectivity index (χ0) is 16.6. The predicted molar refractivity (Wildman–Crippen MR) is 92.4 cm³/mol. The normalized spacial score (nSPS) is 12.4. The molecule has 0 aliphatic heterocycles. The van der Waals surface area contributed by atoms with Crippen LogP contribution in [0.2, 0.25) is 0 Å². The standard InChI is InChI=1S/C18H25N5/c1-13-19-15(16-8-6-7-9-23(13)16)12-22(5)11-14-10-17(21-20-14)18(2,3)4/h6-10H,11-12H2,1-5H3,(H,20,21). The molecule has 0 atom stereocenters. The molecule has 5 nitrogen and oxygen atoms in total. The fourth-order valence-corrected chi connectivity index (χ4v) is 2.81. The molecule has 5 heteroatoms. The first-order chi connectivity index (χ1) is 10.8. The summed E-state index contributed by atoms with van der Waals surface area (Å²) in [5.74, 6) is 1.03. The molecule has 0 aromatic carbocycles. The van der Waals surface area contributed by atoms with E-state index < -0.39 is 0 Å². The Morgan fingerprint density at radius 1 is 1.22 bits per heavy atom. The zero-order valence-electron chi connectivity index (χ0n) is 14.6. The molecule has 0 saturated heterocycles. The quantitative estimate of drug-likeness (QED) is 0.804. The number of fused-ring (bicyclic) bond motifs is 1. The summed E-state index contributed by atoms with van der Waals surface area (Å²) >= 11 is 0. The molecule has 0 spiro atoms. The largest absolute Gasteiger partial charge is 0.304 e. The Bertz CT molecular complexity index is 806. The predicted octanol–water partition coefficient (Wildman–Crippen LogP) is 3.30. The fraction of sp³-hybridized carbons (Fsp3) is 0.444. The minimum atomic E-state index is 0.0739. The van der Waals surface area contributed by atoms with Crippen LogP contribution in [0.3, 0.4) is 0 Å². The Morgan fingerprint density at radius 3 is 2.70 bits per heavy atom. The van der Waals surface area contributed by atoms with Crippen LogP contribution < -0.4 is 0 Å². The molecule has 0 saturated carbocycles. The number of nitrogens with one attached hydrogen (secondary N) is 1. The van der Waals surface area contributed by atoms with Crippen molar-refractivity contribution in [3.63, 3.8) is 0 Å². The van der Waals surface area contributed by atoms with Crippen molar-refractivity contribution in [3.05, 3.63) is 53.4 Å². The number of hydrogen-bond donors (Lipinski definition) is 1. The van der Waals surface area contributed by atoms with E-state index in [0.717, 1.165) is 36.0 Å². The van der Waals surface area contributed by atoms with Gasteiger partial charge in [-0.2, -0.15) is 5.10 Å². The van der Waals surface area contributed by atoms with Gasteiger partial charge in [-0.25, -0.2) is 4.98 Å². The van der Waals surface area contributed by atoms with E-state index in [1.54, 1.807) is 0 Å². The zero-order valence-corrected chi connectivity index (χ0v) is 14.6. The lowest BCUT2D eigenvalue weighted by Crippen LogP contribution is -2.18. The number of imidazole rings is 1. The van der Waals surface area contributed by atoms with Gasteiger partial charge in [0.1, 0.15) is 5.82 Å². The van der Waals surface area contributed by atoms with Gasteiger partial charge in [0.05, 0.1) is 16.9 Å². The Kier molecular flexibility index (Phi) is 3.98. The first-order valence-corrected chi connectivity index (χ1v) is 8.00. The van der Waals surface area contributed by atoms with Gasteiger partial charge in [0.15, 0.2) is 0 Å². The molecule has 23 heavy (non-hydrogen) atoms. The summed E-state index contributed by atoms with van der Waals surface area (Å²) in [7, 11) is 2.11. The summed E-state index contributed by atoms with van der Waals surface area (Å²) < 4.78 is 2.14. The lowest BCUT2D eigenvalue weighted by Gasteiger charge is -2.15. The van der Waals surface area contributed by atoms with Gasteiger partial charge in [-0.3, -0.25) is 10.00 Å². The van der Waals surface area contributed by atoms with Crippen LogP contribution in [0.4, 0.5) is 0 Å². The fourth-order valence-electron chi connectivity index (χ4n) is 2.81. The van der Waals surface area contributed by atoms with Crippen LogP contribution in [-0.2, 0) is 18.5 Å². The molecular formula is C18H25N5. The van der Waals surface area contributed by atoms with Crippen LogP contribution in [0.15, 0.2) is 30.5 Å². The molecule has 122 valence electrons. The van der Waals surface area contributed by atoms with Crippen molar-refractivity contribution in [2.24, 2.45) is 0 Å². The number of rotatable bonds is 4. The van der Waals surface area contributed by atoms with Crippen LogP contribution in [0, 0.1) is 6.92 Å². The summed E-state index contributed by atoms with van der Waals surface area (Å²) in [6.07, 6.45) is 2.06. The van der Waals surface area contributed by atoms with Crippen molar-refractivity contribution in [1.29, 1.82) is 0 Å². The molecule has 1 N–H and O–H groups in total. The Hall–Kier alpha value is -2.14. The number of H-pyrrole nitrogens is 1. The third kappa shape index (κ3) is 3.29. The second kappa shape index (κ2) is 5.81. The molecule has 0 bridgehead atoms. The highest BCUT2D eigenvalue weighted by atomic mass is 15.2. The summed E-state index contributed by atoms with van der Waals surface area (Å²) in [6, 6.07) is 8.38. The third-order valence-corrected chi connectivity index (χ3v) is 4.06. The highest BCUT2D eigenvalue weighted by molar-refractivity contribution is 5.53. The van der Waals surface area contributed by atoms with Crippen LogP contribution in [0.25, 0.3) is 5.52 Å². The second-order valence-electron chi connectivity index (χ2n) is 7.26. The lowest BCUT2D eigenvalue weighted by molar-refractivity contribution is 0.312. The maximum atomic E-state index is 4.71. The minimum Gasteiger partial charge on any atom is -0.304 e. The molecule has 3 heterocycles. The van der Waals surface area contributed by atoms with E-state index in [-0.39, 0.29) is 5.41 Å². The number of hydrogen-bond acceptors (Lipinski definition) is 3. The van der Waals surface area contributed by atoms with E-state index in [0.29, 0.717) is 0 Å². The minimum absolute atomic E-state index is 0.0739. The smallest absolute Gasteiger partial charge is 0.110 e. The highest BCUT2D eigenvalue weighted by Gasteiger charge is 2.18. The monoisotopic (exact) mass is 311 g/mol. The number of aryl methyl sites for hydroxylation is 1. The summed E-state index contributed by atoms with van der Waals surface area (Å²) in [4.78, 5) is 6.97. The molecule has 3 rings (SSSR count). The number of aromatic nitrogens is 4. The van der Waals surface area contributed by atoms with Gasteiger partial charge in [0.25, 0.3) is 0 Å². The maximum absolute atomic E-state index is 4.71. The van der Waals surface area contributed by atoms with Gasteiger partial charge in [-0.1, -0.05) is 26.8 Å². The maximum Gasteiger partial charge on any atom is 0.110 e. The van der Waals surface area contributed by atoms with Crippen molar-refractivity contribution in [1.82, 2.24) is 24.5 Å². The van der Waals surface area contributed by atoms with Gasteiger partial charge in [0, 0.05) is 30.4 Å². The van der Waals surface area contributed by atoms with Gasteiger partial charge < -0.3 is 4.40 Å². The van der Waals surface area contributed by atoms with Crippen LogP contribution in [0.1, 0.15) is 43.7 Å². The summed E-state index contributed by atoms with van der Waals surface area (Å²) in [5, 5.41) is 7.58. The summed E-state index contributed by atoms with van der Waals surface area (Å²) in [5.41, 5.74) is 4.60. The molecule has 0 amide bonds. The van der Waals surface area contributed by atoms with Crippen molar-refractivity contribution in [2.75, 3.05) is 7.05 Å².